The predicted octanol–water partition coefficient (Wildman–Crippen LogP) is 2.44. The van der Waals surface area contributed by atoms with Gasteiger partial charge in [-0.3, -0.25) is 9.79 Å². The van der Waals surface area contributed by atoms with Crippen LogP contribution in [0.15, 0.2) is 59.6 Å². The van der Waals surface area contributed by atoms with Crippen LogP contribution >= 0.6 is 24.0 Å². The number of carbonyl (C=O) groups excluding carboxylic acids is 1. The second kappa shape index (κ2) is 12.3. The molecule has 0 saturated carbocycles. The number of amides is 1. The van der Waals surface area contributed by atoms with E-state index in [0.717, 1.165) is 43.6 Å². The van der Waals surface area contributed by atoms with Crippen LogP contribution in [0.4, 0.5) is 5.69 Å². The van der Waals surface area contributed by atoms with Crippen molar-refractivity contribution in [3.63, 3.8) is 0 Å². The highest BCUT2D eigenvalue weighted by atomic mass is 127. The maximum absolute atomic E-state index is 12.1. The topological polar surface area (TPSA) is 69.2 Å². The van der Waals surface area contributed by atoms with E-state index in [0.29, 0.717) is 18.7 Å². The number of hydrogen-bond donors (Lipinski definition) is 2. The van der Waals surface area contributed by atoms with Crippen LogP contribution in [-0.2, 0) is 0 Å². The van der Waals surface area contributed by atoms with Crippen molar-refractivity contribution in [2.24, 2.45) is 4.99 Å². The zero-order valence-electron chi connectivity index (χ0n) is 17.5. The summed E-state index contributed by atoms with van der Waals surface area (Å²) in [5.41, 5.74) is 1.80. The molecule has 2 aromatic carbocycles. The number of hydrogen-bond acceptors (Lipinski definition) is 4. The summed E-state index contributed by atoms with van der Waals surface area (Å²) in [5, 5.41) is 6.27. The number of guanidine groups is 1. The number of benzene rings is 2. The quantitative estimate of drug-likeness (QED) is 0.264. The number of anilines is 1. The van der Waals surface area contributed by atoms with E-state index >= 15 is 0 Å². The molecular weight excluding hydrogens is 493 g/mol. The van der Waals surface area contributed by atoms with Gasteiger partial charge in [0, 0.05) is 51.9 Å². The fourth-order valence-electron chi connectivity index (χ4n) is 3.42. The molecule has 1 aliphatic rings. The van der Waals surface area contributed by atoms with Crippen molar-refractivity contribution in [1.29, 1.82) is 0 Å². The first-order valence-corrected chi connectivity index (χ1v) is 9.89. The summed E-state index contributed by atoms with van der Waals surface area (Å²) in [5.74, 6) is 1.70. The van der Waals surface area contributed by atoms with E-state index in [4.69, 9.17) is 4.74 Å². The summed E-state index contributed by atoms with van der Waals surface area (Å²) in [6.45, 7) is 4.69. The summed E-state index contributed by atoms with van der Waals surface area (Å²) in [4.78, 5) is 21.1. The van der Waals surface area contributed by atoms with Gasteiger partial charge in [0.1, 0.15) is 5.75 Å². The minimum absolute atomic E-state index is 0. The van der Waals surface area contributed by atoms with Crippen molar-refractivity contribution < 1.29 is 9.53 Å². The predicted molar refractivity (Wildman–Crippen MR) is 132 cm³/mol. The van der Waals surface area contributed by atoms with Gasteiger partial charge in [0.25, 0.3) is 5.91 Å². The third-order valence-corrected chi connectivity index (χ3v) is 4.95. The molecule has 0 aliphatic carbocycles. The van der Waals surface area contributed by atoms with Crippen LogP contribution in [0.5, 0.6) is 5.75 Å². The van der Waals surface area contributed by atoms with Gasteiger partial charge in [-0.2, -0.15) is 0 Å². The largest absolute Gasteiger partial charge is 0.495 e. The lowest BCUT2D eigenvalue weighted by Gasteiger charge is -2.38. The summed E-state index contributed by atoms with van der Waals surface area (Å²) in [6.07, 6.45) is 0. The minimum Gasteiger partial charge on any atom is -0.495 e. The molecule has 0 aromatic heterocycles. The molecule has 1 heterocycles. The number of nitrogens with zero attached hydrogens (tertiary/aromatic N) is 3. The average Bonchev–Trinajstić information content (AvgIpc) is 2.79. The Labute approximate surface area is 195 Å². The van der Waals surface area contributed by atoms with E-state index in [1.54, 1.807) is 14.2 Å². The Balaban J connectivity index is 0.00000320. The van der Waals surface area contributed by atoms with E-state index in [1.165, 1.54) is 0 Å². The first kappa shape index (κ1) is 23.8. The highest BCUT2D eigenvalue weighted by Crippen LogP contribution is 2.28. The van der Waals surface area contributed by atoms with Crippen LogP contribution in [0.2, 0.25) is 0 Å². The molecule has 0 bridgehead atoms. The van der Waals surface area contributed by atoms with E-state index in [2.05, 4.69) is 31.5 Å². The van der Waals surface area contributed by atoms with Crippen molar-refractivity contribution in [3.8, 4) is 5.75 Å². The lowest BCUT2D eigenvalue weighted by atomic mass is 10.2. The third-order valence-electron chi connectivity index (χ3n) is 4.95. The molecule has 2 N–H and O–H groups in total. The van der Waals surface area contributed by atoms with Gasteiger partial charge in [-0.25, -0.2) is 0 Å². The number of carbonyl (C=O) groups is 1. The number of halogens is 1. The lowest BCUT2D eigenvalue weighted by molar-refractivity contribution is 0.0954. The van der Waals surface area contributed by atoms with Gasteiger partial charge in [0.15, 0.2) is 5.96 Å². The molecule has 1 fully saturated rings. The second-order valence-corrected chi connectivity index (χ2v) is 6.74. The Bertz CT molecular complexity index is 823. The number of piperazine rings is 1. The van der Waals surface area contributed by atoms with E-state index in [9.17, 15) is 4.79 Å². The molecule has 3 rings (SSSR count). The molecule has 7 nitrogen and oxygen atoms in total. The highest BCUT2D eigenvalue weighted by molar-refractivity contribution is 14.0. The van der Waals surface area contributed by atoms with Crippen molar-refractivity contribution in [2.75, 3.05) is 58.3 Å². The van der Waals surface area contributed by atoms with Gasteiger partial charge in [0.2, 0.25) is 0 Å². The van der Waals surface area contributed by atoms with E-state index < -0.39 is 0 Å². The summed E-state index contributed by atoms with van der Waals surface area (Å²) in [7, 11) is 3.49. The van der Waals surface area contributed by atoms with Gasteiger partial charge in [-0.05, 0) is 24.3 Å². The van der Waals surface area contributed by atoms with Gasteiger partial charge < -0.3 is 25.2 Å². The molecular formula is C22H30IN5O2. The van der Waals surface area contributed by atoms with E-state index in [1.807, 2.05) is 48.5 Å². The molecule has 0 radical (unpaired) electrons. The maximum atomic E-state index is 12.1. The van der Waals surface area contributed by atoms with Crippen LogP contribution in [0.25, 0.3) is 0 Å². The number of ether oxygens (including phenoxy) is 1. The molecule has 162 valence electrons. The van der Waals surface area contributed by atoms with Crippen LogP contribution in [0, 0.1) is 0 Å². The van der Waals surface area contributed by atoms with Gasteiger partial charge >= 0.3 is 0 Å². The lowest BCUT2D eigenvalue weighted by Crippen LogP contribution is -2.53. The van der Waals surface area contributed by atoms with Crippen molar-refractivity contribution in [1.82, 2.24) is 15.5 Å². The minimum atomic E-state index is -0.0622. The fraction of sp³-hybridized carbons (Fsp3) is 0.364. The zero-order valence-corrected chi connectivity index (χ0v) is 19.8. The van der Waals surface area contributed by atoms with Crippen molar-refractivity contribution in [3.05, 3.63) is 60.2 Å². The fourth-order valence-corrected chi connectivity index (χ4v) is 3.42. The normalized spacial score (nSPS) is 14.0. The number of nitrogens with one attached hydrogen (secondary N) is 2. The SMILES string of the molecule is CN=C(NCCNC(=O)c1ccccc1)N1CCN(c2ccccc2OC)CC1.I. The second-order valence-electron chi connectivity index (χ2n) is 6.74. The molecule has 1 saturated heterocycles. The van der Waals surface area contributed by atoms with Crippen LogP contribution in [-0.4, -0.2) is 70.2 Å². The number of rotatable bonds is 6. The molecule has 0 spiro atoms. The molecule has 30 heavy (non-hydrogen) atoms. The Morgan fingerprint density at radius 2 is 1.60 bits per heavy atom. The first-order valence-electron chi connectivity index (χ1n) is 9.89. The molecule has 2 aromatic rings. The van der Waals surface area contributed by atoms with E-state index in [-0.39, 0.29) is 29.9 Å². The Kier molecular flexibility index (Phi) is 9.72. The summed E-state index contributed by atoms with van der Waals surface area (Å²) < 4.78 is 5.48. The number of methoxy groups -OCH3 is 1. The molecule has 8 heteroatoms. The van der Waals surface area contributed by atoms with Gasteiger partial charge in [-0.1, -0.05) is 30.3 Å². The molecule has 0 unspecified atom stereocenters. The average molecular weight is 523 g/mol. The van der Waals surface area contributed by atoms with Gasteiger partial charge in [0.05, 0.1) is 12.8 Å². The van der Waals surface area contributed by atoms with Crippen LogP contribution < -0.4 is 20.3 Å². The zero-order chi connectivity index (χ0) is 20.5. The Hall–Kier alpha value is -2.49. The Morgan fingerprint density at radius 1 is 0.967 bits per heavy atom. The highest BCUT2D eigenvalue weighted by Gasteiger charge is 2.21. The van der Waals surface area contributed by atoms with Crippen LogP contribution in [0.3, 0.4) is 0 Å². The maximum Gasteiger partial charge on any atom is 0.251 e. The first-order chi connectivity index (χ1) is 14.2. The standard InChI is InChI=1S/C22H29N5O2.HI/c1-23-22(25-13-12-24-21(28)18-8-4-3-5-9-18)27-16-14-26(15-17-27)19-10-6-7-11-20(19)29-2;/h3-11H,12-17H2,1-2H3,(H,23,25)(H,24,28);1H. The van der Waals surface area contributed by atoms with Crippen molar-refractivity contribution in [2.45, 2.75) is 0 Å². The molecule has 1 aliphatic heterocycles. The Morgan fingerprint density at radius 3 is 2.27 bits per heavy atom. The van der Waals surface area contributed by atoms with Crippen molar-refractivity contribution >= 4 is 41.5 Å². The van der Waals surface area contributed by atoms with Crippen LogP contribution in [0.1, 0.15) is 10.4 Å². The molecule has 1 amide bonds. The summed E-state index contributed by atoms with van der Waals surface area (Å²) in [6, 6.07) is 17.3. The smallest absolute Gasteiger partial charge is 0.251 e. The monoisotopic (exact) mass is 523 g/mol. The third kappa shape index (κ3) is 6.25. The number of aliphatic imine (C=N–C) groups is 1. The summed E-state index contributed by atoms with van der Waals surface area (Å²) >= 11 is 0. The van der Waals surface area contributed by atoms with Gasteiger partial charge in [-0.15, -0.1) is 24.0 Å². The number of para-hydroxylation sites is 2. The molecule has 0 atom stereocenters.